The number of carbonyl (C=O) groups excluding carboxylic acids is 1. The highest BCUT2D eigenvalue weighted by molar-refractivity contribution is 6.09. The Bertz CT molecular complexity index is 812. The van der Waals surface area contributed by atoms with E-state index in [0.717, 1.165) is 17.7 Å². The van der Waals surface area contributed by atoms with Gasteiger partial charge in [0.25, 0.3) is 5.91 Å². The summed E-state index contributed by atoms with van der Waals surface area (Å²) in [5.74, 6) is -0.425. The van der Waals surface area contributed by atoms with E-state index >= 15 is 0 Å². The van der Waals surface area contributed by atoms with Crippen molar-refractivity contribution in [1.29, 1.82) is 0 Å². The lowest BCUT2D eigenvalue weighted by molar-refractivity contribution is -0.137. The Kier molecular flexibility index (Phi) is 3.66. The molecule has 1 aliphatic rings. The van der Waals surface area contributed by atoms with Crippen LogP contribution in [0.3, 0.4) is 0 Å². The van der Waals surface area contributed by atoms with E-state index in [2.05, 4.69) is 4.98 Å². The number of benzene rings is 1. The van der Waals surface area contributed by atoms with Crippen LogP contribution in [0.25, 0.3) is 0 Å². The van der Waals surface area contributed by atoms with Crippen molar-refractivity contribution in [3.8, 4) is 0 Å². The number of pyridine rings is 1. The minimum absolute atomic E-state index is 0.101. The van der Waals surface area contributed by atoms with Gasteiger partial charge in [-0.3, -0.25) is 9.78 Å². The second-order valence-corrected chi connectivity index (χ2v) is 6.70. The van der Waals surface area contributed by atoms with E-state index in [1.54, 1.807) is 18.5 Å². The zero-order valence-electron chi connectivity index (χ0n) is 13.6. The van der Waals surface area contributed by atoms with Gasteiger partial charge in [-0.2, -0.15) is 13.2 Å². The highest BCUT2D eigenvalue weighted by atomic mass is 19.4. The molecule has 1 aliphatic heterocycles. The Labute approximate surface area is 138 Å². The summed E-state index contributed by atoms with van der Waals surface area (Å²) < 4.78 is 39.1. The topological polar surface area (TPSA) is 33.2 Å². The first-order chi connectivity index (χ1) is 11.1. The van der Waals surface area contributed by atoms with Gasteiger partial charge in [-0.15, -0.1) is 0 Å². The molecule has 1 aromatic carbocycles. The number of rotatable bonds is 1. The molecule has 2 heterocycles. The predicted octanol–water partition coefficient (Wildman–Crippen LogP) is 4.35. The van der Waals surface area contributed by atoms with Gasteiger partial charge in [-0.1, -0.05) is 19.9 Å². The minimum Gasteiger partial charge on any atom is -0.306 e. The lowest BCUT2D eigenvalue weighted by Gasteiger charge is -2.40. The Hall–Kier alpha value is -2.37. The number of halogens is 3. The molecule has 0 saturated heterocycles. The Balaban J connectivity index is 2.16. The standard InChI is InChI=1S/C18H17F3N2O/c1-11-6-7-22-9-15(11)23-10-17(2,3)14-5-4-12(18(19,20)21)8-13(14)16(23)24/h4-9H,10H2,1-3H3. The third-order valence-electron chi connectivity index (χ3n) is 4.41. The molecule has 126 valence electrons. The van der Waals surface area contributed by atoms with Crippen LogP contribution in [0.2, 0.25) is 0 Å². The van der Waals surface area contributed by atoms with Crippen LogP contribution in [0.4, 0.5) is 18.9 Å². The second kappa shape index (κ2) is 5.33. The highest BCUT2D eigenvalue weighted by Crippen LogP contribution is 2.39. The van der Waals surface area contributed by atoms with E-state index in [1.165, 1.54) is 11.0 Å². The van der Waals surface area contributed by atoms with E-state index < -0.39 is 23.1 Å². The van der Waals surface area contributed by atoms with E-state index in [4.69, 9.17) is 0 Å². The molecular formula is C18H17F3N2O. The molecular weight excluding hydrogens is 317 g/mol. The van der Waals surface area contributed by atoms with E-state index in [1.807, 2.05) is 20.8 Å². The van der Waals surface area contributed by atoms with Crippen molar-refractivity contribution in [2.45, 2.75) is 32.4 Å². The molecule has 0 spiro atoms. The lowest BCUT2D eigenvalue weighted by Crippen LogP contribution is -2.47. The fraction of sp³-hybridized carbons (Fsp3) is 0.333. The number of hydrogen-bond donors (Lipinski definition) is 0. The summed E-state index contributed by atoms with van der Waals surface area (Å²) in [7, 11) is 0. The first-order valence-corrected chi connectivity index (χ1v) is 7.55. The lowest BCUT2D eigenvalue weighted by atomic mass is 9.77. The van der Waals surface area contributed by atoms with Crippen molar-refractivity contribution < 1.29 is 18.0 Å². The van der Waals surface area contributed by atoms with Gasteiger partial charge in [0, 0.05) is 23.7 Å². The Morgan fingerprint density at radius 3 is 2.54 bits per heavy atom. The average molecular weight is 334 g/mol. The van der Waals surface area contributed by atoms with Crippen LogP contribution in [0.15, 0.2) is 36.7 Å². The molecule has 0 unspecified atom stereocenters. The normalized spacial score (nSPS) is 16.9. The quantitative estimate of drug-likeness (QED) is 0.777. The maximum Gasteiger partial charge on any atom is 0.416 e. The number of hydrogen-bond acceptors (Lipinski definition) is 2. The highest BCUT2D eigenvalue weighted by Gasteiger charge is 2.40. The van der Waals surface area contributed by atoms with Crippen molar-refractivity contribution in [3.05, 3.63) is 58.9 Å². The maximum atomic E-state index is 13.0. The molecule has 0 fully saturated rings. The second-order valence-electron chi connectivity index (χ2n) is 6.70. The number of nitrogens with zero attached hydrogens (tertiary/aromatic N) is 2. The number of fused-ring (bicyclic) bond motifs is 1. The van der Waals surface area contributed by atoms with Gasteiger partial charge in [-0.05, 0) is 36.2 Å². The van der Waals surface area contributed by atoms with Crippen molar-refractivity contribution in [3.63, 3.8) is 0 Å². The predicted molar refractivity (Wildman–Crippen MR) is 85.1 cm³/mol. The number of aromatic nitrogens is 1. The average Bonchev–Trinajstić information content (AvgIpc) is 2.50. The smallest absolute Gasteiger partial charge is 0.306 e. The van der Waals surface area contributed by atoms with E-state index in [-0.39, 0.29) is 5.56 Å². The molecule has 0 saturated carbocycles. The van der Waals surface area contributed by atoms with Gasteiger partial charge in [0.2, 0.25) is 0 Å². The van der Waals surface area contributed by atoms with Crippen LogP contribution in [0, 0.1) is 6.92 Å². The molecule has 24 heavy (non-hydrogen) atoms. The molecule has 0 bridgehead atoms. The molecule has 3 rings (SSSR count). The maximum absolute atomic E-state index is 13.0. The number of carbonyl (C=O) groups is 1. The first kappa shape index (κ1) is 16.5. The number of alkyl halides is 3. The SMILES string of the molecule is Cc1ccncc1N1CC(C)(C)c2ccc(C(F)(F)F)cc2C1=O. The summed E-state index contributed by atoms with van der Waals surface area (Å²) in [4.78, 5) is 18.4. The minimum atomic E-state index is -4.48. The third-order valence-corrected chi connectivity index (χ3v) is 4.41. The van der Waals surface area contributed by atoms with Crippen LogP contribution < -0.4 is 4.90 Å². The van der Waals surface area contributed by atoms with Crippen LogP contribution >= 0.6 is 0 Å². The summed E-state index contributed by atoms with van der Waals surface area (Å²) in [6, 6.07) is 5.19. The molecule has 1 aromatic heterocycles. The van der Waals surface area contributed by atoms with Gasteiger partial charge in [0.05, 0.1) is 17.4 Å². The monoisotopic (exact) mass is 334 g/mol. The summed E-state index contributed by atoms with van der Waals surface area (Å²) in [6.45, 7) is 6.07. The van der Waals surface area contributed by atoms with Gasteiger partial charge in [0.1, 0.15) is 0 Å². The number of aryl methyl sites for hydroxylation is 1. The van der Waals surface area contributed by atoms with Crippen molar-refractivity contribution in [2.24, 2.45) is 0 Å². The van der Waals surface area contributed by atoms with Crippen LogP contribution in [0.5, 0.6) is 0 Å². The van der Waals surface area contributed by atoms with Gasteiger partial charge in [0.15, 0.2) is 0 Å². The molecule has 2 aromatic rings. The first-order valence-electron chi connectivity index (χ1n) is 7.55. The van der Waals surface area contributed by atoms with Crippen molar-refractivity contribution in [2.75, 3.05) is 11.4 Å². The molecule has 0 atom stereocenters. The fourth-order valence-corrected chi connectivity index (χ4v) is 3.12. The Morgan fingerprint density at radius 2 is 1.92 bits per heavy atom. The zero-order chi connectivity index (χ0) is 17.7. The van der Waals surface area contributed by atoms with Crippen LogP contribution in [0.1, 0.15) is 40.9 Å². The van der Waals surface area contributed by atoms with Crippen LogP contribution in [-0.4, -0.2) is 17.4 Å². The molecule has 0 aliphatic carbocycles. The number of anilines is 1. The molecule has 6 heteroatoms. The summed E-state index contributed by atoms with van der Waals surface area (Å²) >= 11 is 0. The summed E-state index contributed by atoms with van der Waals surface area (Å²) in [5.41, 5.74) is 0.941. The molecule has 0 N–H and O–H groups in total. The fourth-order valence-electron chi connectivity index (χ4n) is 3.12. The molecule has 1 amide bonds. The van der Waals surface area contributed by atoms with Gasteiger partial charge in [-0.25, -0.2) is 0 Å². The van der Waals surface area contributed by atoms with E-state index in [0.29, 0.717) is 17.8 Å². The molecule has 0 radical (unpaired) electrons. The van der Waals surface area contributed by atoms with Crippen molar-refractivity contribution in [1.82, 2.24) is 4.98 Å². The summed E-state index contributed by atoms with van der Waals surface area (Å²) in [5, 5.41) is 0. The molecule has 3 nitrogen and oxygen atoms in total. The Morgan fingerprint density at radius 1 is 1.21 bits per heavy atom. The largest absolute Gasteiger partial charge is 0.416 e. The third kappa shape index (κ3) is 2.66. The summed E-state index contributed by atoms with van der Waals surface area (Å²) in [6.07, 6.45) is -1.29. The van der Waals surface area contributed by atoms with E-state index in [9.17, 15) is 18.0 Å². The van der Waals surface area contributed by atoms with Crippen LogP contribution in [-0.2, 0) is 11.6 Å². The number of amides is 1. The van der Waals surface area contributed by atoms with Gasteiger partial charge < -0.3 is 4.90 Å². The van der Waals surface area contributed by atoms with Gasteiger partial charge >= 0.3 is 6.18 Å². The van der Waals surface area contributed by atoms with Crippen molar-refractivity contribution >= 4 is 11.6 Å². The zero-order valence-corrected chi connectivity index (χ0v) is 13.6.